The summed E-state index contributed by atoms with van der Waals surface area (Å²) in [4.78, 5) is 0. The van der Waals surface area contributed by atoms with Gasteiger partial charge in [-0.2, -0.15) is 0 Å². The number of hydrogen-bond donors (Lipinski definition) is 1. The highest BCUT2D eigenvalue weighted by atomic mass is 16.3. The van der Waals surface area contributed by atoms with Crippen molar-refractivity contribution in [1.82, 2.24) is 0 Å². The lowest BCUT2D eigenvalue weighted by molar-refractivity contribution is 0.178. The average Bonchev–Trinajstić information content (AvgIpc) is 2.42. The Labute approximate surface area is 63.4 Å². The molecule has 1 fully saturated rings. The molecule has 0 aromatic rings. The Bertz CT molecular complexity index is 116. The molecule has 0 saturated heterocycles. The zero-order valence-corrected chi connectivity index (χ0v) is 7.22. The lowest BCUT2D eigenvalue weighted by Gasteiger charge is -2.15. The molecule has 0 bridgehead atoms. The van der Waals surface area contributed by atoms with Crippen LogP contribution in [0, 0.1) is 17.3 Å². The third kappa shape index (κ3) is 1.34. The van der Waals surface area contributed by atoms with Gasteiger partial charge >= 0.3 is 0 Å². The quantitative estimate of drug-likeness (QED) is 0.639. The second-order valence-corrected chi connectivity index (χ2v) is 4.22. The van der Waals surface area contributed by atoms with Gasteiger partial charge in [0.15, 0.2) is 0 Å². The first kappa shape index (κ1) is 8.06. The van der Waals surface area contributed by atoms with E-state index in [0.29, 0.717) is 12.0 Å². The first-order valence-corrected chi connectivity index (χ1v) is 4.21. The molecule has 1 heteroatoms. The van der Waals surface area contributed by atoms with Crippen LogP contribution in [0.15, 0.2) is 0 Å². The van der Waals surface area contributed by atoms with Crippen molar-refractivity contribution in [2.45, 2.75) is 33.6 Å². The third-order valence-corrected chi connectivity index (χ3v) is 2.73. The molecule has 0 aromatic carbocycles. The Morgan fingerprint density at radius 3 is 2.20 bits per heavy atom. The lowest BCUT2D eigenvalue weighted by Crippen LogP contribution is -2.12. The second-order valence-electron chi connectivity index (χ2n) is 4.22. The largest absolute Gasteiger partial charge is 0.396 e. The predicted molar refractivity (Wildman–Crippen MR) is 42.8 cm³/mol. The van der Waals surface area contributed by atoms with Gasteiger partial charge in [0.25, 0.3) is 0 Å². The number of aliphatic hydroxyl groups is 1. The fourth-order valence-electron chi connectivity index (χ4n) is 1.93. The smallest absolute Gasteiger partial charge is 0.0490 e. The standard InChI is InChI=1S/C9H18O/c1-7(2)4-9(6-10)5-8(9)3/h7-8,10H,4-6H2,1-3H3. The average molecular weight is 142 g/mol. The molecular formula is C9H18O. The molecule has 1 aliphatic carbocycles. The maximum atomic E-state index is 9.08. The van der Waals surface area contributed by atoms with Crippen molar-refractivity contribution >= 4 is 0 Å². The highest BCUT2D eigenvalue weighted by Gasteiger charge is 2.50. The Morgan fingerprint density at radius 2 is 2.10 bits per heavy atom. The molecule has 2 atom stereocenters. The van der Waals surface area contributed by atoms with Crippen LogP contribution in [-0.2, 0) is 0 Å². The topological polar surface area (TPSA) is 20.2 Å². The molecule has 0 heterocycles. The Hall–Kier alpha value is -0.0400. The normalized spacial score (nSPS) is 38.7. The van der Waals surface area contributed by atoms with Crippen molar-refractivity contribution in [3.63, 3.8) is 0 Å². The van der Waals surface area contributed by atoms with E-state index in [-0.39, 0.29) is 0 Å². The number of hydrogen-bond acceptors (Lipinski definition) is 1. The van der Waals surface area contributed by atoms with E-state index in [9.17, 15) is 0 Å². The number of aliphatic hydroxyl groups excluding tert-OH is 1. The zero-order valence-electron chi connectivity index (χ0n) is 7.22. The fourth-order valence-corrected chi connectivity index (χ4v) is 1.93. The van der Waals surface area contributed by atoms with Crippen molar-refractivity contribution in [2.24, 2.45) is 17.3 Å². The SMILES string of the molecule is CC(C)CC1(CO)CC1C. The fraction of sp³-hybridized carbons (Fsp3) is 1.00. The first-order valence-electron chi connectivity index (χ1n) is 4.21. The molecular weight excluding hydrogens is 124 g/mol. The first-order chi connectivity index (χ1) is 4.60. The summed E-state index contributed by atoms with van der Waals surface area (Å²) in [5, 5.41) is 9.08. The molecule has 10 heavy (non-hydrogen) atoms. The molecule has 1 N–H and O–H groups in total. The van der Waals surface area contributed by atoms with Crippen LogP contribution >= 0.6 is 0 Å². The molecule has 1 saturated carbocycles. The van der Waals surface area contributed by atoms with Crippen LogP contribution in [0.4, 0.5) is 0 Å². The summed E-state index contributed by atoms with van der Waals surface area (Å²) in [6.45, 7) is 7.08. The highest BCUT2D eigenvalue weighted by molar-refractivity contribution is 4.99. The molecule has 1 rings (SSSR count). The predicted octanol–water partition coefficient (Wildman–Crippen LogP) is 2.05. The van der Waals surface area contributed by atoms with Gasteiger partial charge in [0.05, 0.1) is 0 Å². The van der Waals surface area contributed by atoms with Gasteiger partial charge in [-0.3, -0.25) is 0 Å². The Balaban J connectivity index is 2.37. The molecule has 0 aromatic heterocycles. The van der Waals surface area contributed by atoms with Crippen molar-refractivity contribution in [1.29, 1.82) is 0 Å². The maximum Gasteiger partial charge on any atom is 0.0490 e. The summed E-state index contributed by atoms with van der Waals surface area (Å²) in [6, 6.07) is 0. The monoisotopic (exact) mass is 142 g/mol. The summed E-state index contributed by atoms with van der Waals surface area (Å²) in [7, 11) is 0. The summed E-state index contributed by atoms with van der Waals surface area (Å²) in [5.74, 6) is 1.50. The minimum atomic E-state index is 0.328. The van der Waals surface area contributed by atoms with Crippen LogP contribution in [0.3, 0.4) is 0 Å². The summed E-state index contributed by atoms with van der Waals surface area (Å²) in [5.41, 5.74) is 0.328. The van der Waals surface area contributed by atoms with Crippen LogP contribution in [0.2, 0.25) is 0 Å². The maximum absolute atomic E-state index is 9.08. The van der Waals surface area contributed by atoms with Crippen LogP contribution < -0.4 is 0 Å². The Morgan fingerprint density at radius 1 is 1.60 bits per heavy atom. The van der Waals surface area contributed by atoms with Gasteiger partial charge in [0, 0.05) is 6.61 Å². The van der Waals surface area contributed by atoms with Crippen LogP contribution in [-0.4, -0.2) is 11.7 Å². The second kappa shape index (κ2) is 2.54. The van der Waals surface area contributed by atoms with Gasteiger partial charge in [0.1, 0.15) is 0 Å². The van der Waals surface area contributed by atoms with Crippen LogP contribution in [0.25, 0.3) is 0 Å². The van der Waals surface area contributed by atoms with E-state index in [1.807, 2.05) is 0 Å². The van der Waals surface area contributed by atoms with Crippen LogP contribution in [0.5, 0.6) is 0 Å². The Kier molecular flexibility index (Phi) is 2.04. The summed E-state index contributed by atoms with van der Waals surface area (Å²) in [6.07, 6.45) is 2.44. The van der Waals surface area contributed by atoms with E-state index in [0.717, 1.165) is 11.8 Å². The minimum Gasteiger partial charge on any atom is -0.396 e. The van der Waals surface area contributed by atoms with Crippen molar-refractivity contribution in [2.75, 3.05) is 6.61 Å². The van der Waals surface area contributed by atoms with Crippen molar-refractivity contribution in [3.8, 4) is 0 Å². The van der Waals surface area contributed by atoms with Crippen molar-refractivity contribution in [3.05, 3.63) is 0 Å². The number of rotatable bonds is 3. The van der Waals surface area contributed by atoms with Gasteiger partial charge in [-0.25, -0.2) is 0 Å². The molecule has 0 radical (unpaired) electrons. The van der Waals surface area contributed by atoms with Gasteiger partial charge in [-0.05, 0) is 30.1 Å². The minimum absolute atomic E-state index is 0.328. The third-order valence-electron chi connectivity index (χ3n) is 2.73. The molecule has 2 unspecified atom stereocenters. The van der Waals surface area contributed by atoms with Crippen LogP contribution in [0.1, 0.15) is 33.6 Å². The molecule has 1 aliphatic rings. The van der Waals surface area contributed by atoms with Gasteiger partial charge in [0.2, 0.25) is 0 Å². The van der Waals surface area contributed by atoms with E-state index in [1.54, 1.807) is 0 Å². The van der Waals surface area contributed by atoms with Gasteiger partial charge in [-0.15, -0.1) is 0 Å². The summed E-state index contributed by atoms with van der Waals surface area (Å²) < 4.78 is 0. The van der Waals surface area contributed by atoms with Gasteiger partial charge in [-0.1, -0.05) is 20.8 Å². The van der Waals surface area contributed by atoms with Gasteiger partial charge < -0.3 is 5.11 Å². The van der Waals surface area contributed by atoms with Crippen molar-refractivity contribution < 1.29 is 5.11 Å². The lowest BCUT2D eigenvalue weighted by atomic mass is 9.93. The molecule has 0 spiro atoms. The van der Waals surface area contributed by atoms with E-state index >= 15 is 0 Å². The molecule has 0 amide bonds. The molecule has 1 nitrogen and oxygen atoms in total. The van der Waals surface area contributed by atoms with E-state index in [2.05, 4.69) is 20.8 Å². The molecule has 60 valence electrons. The van der Waals surface area contributed by atoms with E-state index in [4.69, 9.17) is 5.11 Å². The van der Waals surface area contributed by atoms with E-state index in [1.165, 1.54) is 12.8 Å². The molecule has 0 aliphatic heterocycles. The summed E-state index contributed by atoms with van der Waals surface area (Å²) >= 11 is 0. The van der Waals surface area contributed by atoms with E-state index < -0.39 is 0 Å². The zero-order chi connectivity index (χ0) is 7.78. The highest BCUT2D eigenvalue weighted by Crippen LogP contribution is 2.55.